The van der Waals surface area contributed by atoms with E-state index in [0.29, 0.717) is 29.4 Å². The fourth-order valence-electron chi connectivity index (χ4n) is 3.38. The first-order valence-electron chi connectivity index (χ1n) is 11.9. The van der Waals surface area contributed by atoms with Gasteiger partial charge in [0.1, 0.15) is 5.75 Å². The number of hydrazone groups is 1. The number of para-hydroxylation sites is 1. The first-order valence-corrected chi connectivity index (χ1v) is 11.9. The SMILES string of the molecule is CCOc1ccc(NC(=O)COc2c(/C=N\NC(=O)C(=O)N[C@H](C)c3ccccc3)cccc2OC)cc1. The Labute approximate surface area is 221 Å². The monoisotopic (exact) mass is 518 g/mol. The van der Waals surface area contributed by atoms with Gasteiger partial charge in [0.25, 0.3) is 5.91 Å². The minimum atomic E-state index is -0.927. The van der Waals surface area contributed by atoms with Crippen molar-refractivity contribution < 1.29 is 28.6 Å². The third-order valence-electron chi connectivity index (χ3n) is 5.25. The van der Waals surface area contributed by atoms with Gasteiger partial charge in [0.2, 0.25) is 0 Å². The van der Waals surface area contributed by atoms with E-state index in [2.05, 4.69) is 21.2 Å². The predicted molar refractivity (Wildman–Crippen MR) is 143 cm³/mol. The summed E-state index contributed by atoms with van der Waals surface area (Å²) in [7, 11) is 1.46. The Morgan fingerprint density at radius 3 is 2.34 bits per heavy atom. The quantitative estimate of drug-likeness (QED) is 0.203. The predicted octanol–water partition coefficient (Wildman–Crippen LogP) is 3.44. The van der Waals surface area contributed by atoms with Gasteiger partial charge in [0.05, 0.1) is 26.0 Å². The highest BCUT2D eigenvalue weighted by molar-refractivity contribution is 6.35. The maximum absolute atomic E-state index is 12.4. The van der Waals surface area contributed by atoms with Gasteiger partial charge in [0, 0.05) is 11.3 Å². The van der Waals surface area contributed by atoms with E-state index in [0.717, 1.165) is 5.56 Å². The van der Waals surface area contributed by atoms with Crippen LogP contribution in [0.15, 0.2) is 77.9 Å². The van der Waals surface area contributed by atoms with E-state index >= 15 is 0 Å². The molecule has 0 aliphatic rings. The number of hydrogen-bond acceptors (Lipinski definition) is 7. The molecule has 3 aromatic rings. The normalized spacial score (nSPS) is 11.3. The smallest absolute Gasteiger partial charge is 0.329 e. The van der Waals surface area contributed by atoms with Crippen LogP contribution in [0.25, 0.3) is 0 Å². The fraction of sp³-hybridized carbons (Fsp3) is 0.214. The molecular weight excluding hydrogens is 488 g/mol. The number of hydrogen-bond donors (Lipinski definition) is 3. The first kappa shape index (κ1) is 27.7. The van der Waals surface area contributed by atoms with Crippen molar-refractivity contribution in [2.75, 3.05) is 25.6 Å². The highest BCUT2D eigenvalue weighted by Gasteiger charge is 2.17. The van der Waals surface area contributed by atoms with Gasteiger partial charge in [-0.05, 0) is 55.8 Å². The highest BCUT2D eigenvalue weighted by atomic mass is 16.5. The molecule has 0 aliphatic carbocycles. The standard InChI is InChI=1S/C28H30N4O6/c1-4-37-23-15-13-22(14-16-23)31-25(33)18-38-26-21(11-8-12-24(26)36-3)17-29-32-28(35)27(34)30-19(2)20-9-6-5-7-10-20/h5-17,19H,4,18H2,1-3H3,(H,30,34)(H,31,33)(H,32,35)/b29-17-/t19-/m1/s1. The molecule has 10 heteroatoms. The molecule has 0 spiro atoms. The molecule has 1 atom stereocenters. The van der Waals surface area contributed by atoms with E-state index in [1.165, 1.54) is 13.3 Å². The fourth-order valence-corrected chi connectivity index (χ4v) is 3.38. The van der Waals surface area contributed by atoms with Crippen LogP contribution in [0.1, 0.15) is 31.0 Å². The van der Waals surface area contributed by atoms with Crippen LogP contribution in [-0.4, -0.2) is 44.3 Å². The first-order chi connectivity index (χ1) is 18.4. The van der Waals surface area contributed by atoms with E-state index in [1.807, 2.05) is 37.3 Å². The summed E-state index contributed by atoms with van der Waals surface area (Å²) in [5.41, 5.74) is 4.08. The van der Waals surface area contributed by atoms with Gasteiger partial charge in [0.15, 0.2) is 18.1 Å². The zero-order valence-corrected chi connectivity index (χ0v) is 21.4. The number of rotatable bonds is 11. The molecule has 0 aromatic heterocycles. The maximum Gasteiger partial charge on any atom is 0.329 e. The van der Waals surface area contributed by atoms with E-state index in [-0.39, 0.29) is 24.3 Å². The number of carbonyl (C=O) groups is 3. The van der Waals surface area contributed by atoms with Crippen molar-refractivity contribution in [2.24, 2.45) is 5.10 Å². The van der Waals surface area contributed by atoms with Crippen molar-refractivity contribution in [3.63, 3.8) is 0 Å². The van der Waals surface area contributed by atoms with Crippen molar-refractivity contribution in [3.8, 4) is 17.2 Å². The number of anilines is 1. The second-order valence-corrected chi connectivity index (χ2v) is 7.98. The lowest BCUT2D eigenvalue weighted by Crippen LogP contribution is -2.39. The molecule has 38 heavy (non-hydrogen) atoms. The molecule has 3 amide bonds. The van der Waals surface area contributed by atoms with Gasteiger partial charge < -0.3 is 24.8 Å². The molecule has 3 aromatic carbocycles. The third-order valence-corrected chi connectivity index (χ3v) is 5.25. The van der Waals surface area contributed by atoms with Crippen LogP contribution in [0, 0.1) is 0 Å². The number of methoxy groups -OCH3 is 1. The Morgan fingerprint density at radius 1 is 0.921 bits per heavy atom. The van der Waals surface area contributed by atoms with Crippen LogP contribution in [0.3, 0.4) is 0 Å². The molecule has 3 N–H and O–H groups in total. The van der Waals surface area contributed by atoms with Gasteiger partial charge in [-0.2, -0.15) is 5.10 Å². The molecular formula is C28H30N4O6. The zero-order chi connectivity index (χ0) is 27.3. The van der Waals surface area contributed by atoms with Crippen LogP contribution < -0.4 is 30.3 Å². The molecule has 0 heterocycles. The second-order valence-electron chi connectivity index (χ2n) is 7.98. The molecule has 0 saturated heterocycles. The van der Waals surface area contributed by atoms with Crippen LogP contribution in [-0.2, 0) is 14.4 Å². The Bertz CT molecular complexity index is 1260. The summed E-state index contributed by atoms with van der Waals surface area (Å²) in [6.45, 7) is 3.91. The lowest BCUT2D eigenvalue weighted by atomic mass is 10.1. The molecule has 3 rings (SSSR count). The lowest BCUT2D eigenvalue weighted by Gasteiger charge is -2.14. The van der Waals surface area contributed by atoms with Crippen molar-refractivity contribution in [1.82, 2.24) is 10.7 Å². The molecule has 198 valence electrons. The zero-order valence-electron chi connectivity index (χ0n) is 21.4. The van der Waals surface area contributed by atoms with E-state index in [9.17, 15) is 14.4 Å². The molecule has 0 bridgehead atoms. The molecule has 0 unspecified atom stereocenters. The summed E-state index contributed by atoms with van der Waals surface area (Å²) in [4.78, 5) is 36.9. The molecule has 0 fully saturated rings. The molecule has 0 radical (unpaired) electrons. The van der Waals surface area contributed by atoms with Crippen molar-refractivity contribution in [3.05, 3.63) is 83.9 Å². The van der Waals surface area contributed by atoms with Gasteiger partial charge in [-0.25, -0.2) is 5.43 Å². The van der Waals surface area contributed by atoms with Crippen molar-refractivity contribution in [1.29, 1.82) is 0 Å². The summed E-state index contributed by atoms with van der Waals surface area (Å²) in [5.74, 6) is -0.827. The van der Waals surface area contributed by atoms with Gasteiger partial charge in [-0.3, -0.25) is 14.4 Å². The average molecular weight is 519 g/mol. The lowest BCUT2D eigenvalue weighted by molar-refractivity contribution is -0.139. The minimum absolute atomic E-state index is 0.247. The summed E-state index contributed by atoms with van der Waals surface area (Å²) in [6.07, 6.45) is 1.30. The van der Waals surface area contributed by atoms with Gasteiger partial charge in [-0.15, -0.1) is 0 Å². The third kappa shape index (κ3) is 8.09. The summed E-state index contributed by atoms with van der Waals surface area (Å²) in [6, 6.07) is 20.9. The number of amides is 3. The number of benzene rings is 3. The van der Waals surface area contributed by atoms with Crippen molar-refractivity contribution in [2.45, 2.75) is 19.9 Å². The Morgan fingerprint density at radius 2 is 1.66 bits per heavy atom. The number of ether oxygens (including phenoxy) is 3. The van der Waals surface area contributed by atoms with Gasteiger partial charge in [-0.1, -0.05) is 36.4 Å². The van der Waals surface area contributed by atoms with Crippen molar-refractivity contribution >= 4 is 29.6 Å². The van der Waals surface area contributed by atoms with E-state index in [4.69, 9.17) is 14.2 Å². The Kier molecular flexibility index (Phi) is 10.2. The summed E-state index contributed by atoms with van der Waals surface area (Å²) < 4.78 is 16.5. The van der Waals surface area contributed by atoms with Crippen LogP contribution in [0.2, 0.25) is 0 Å². The molecule has 10 nitrogen and oxygen atoms in total. The number of carbonyl (C=O) groups excluding carboxylic acids is 3. The topological polar surface area (TPSA) is 127 Å². The molecule has 0 aliphatic heterocycles. The van der Waals surface area contributed by atoms with Gasteiger partial charge >= 0.3 is 11.8 Å². The van der Waals surface area contributed by atoms with Crippen LogP contribution in [0.5, 0.6) is 17.2 Å². The second kappa shape index (κ2) is 14.0. The Hall–Kier alpha value is -4.86. The van der Waals surface area contributed by atoms with Crippen LogP contribution >= 0.6 is 0 Å². The minimum Gasteiger partial charge on any atom is -0.494 e. The van der Waals surface area contributed by atoms with E-state index in [1.54, 1.807) is 49.4 Å². The number of nitrogens with one attached hydrogen (secondary N) is 3. The highest BCUT2D eigenvalue weighted by Crippen LogP contribution is 2.30. The van der Waals surface area contributed by atoms with Crippen LogP contribution in [0.4, 0.5) is 5.69 Å². The Balaban J connectivity index is 1.58. The molecule has 0 saturated carbocycles. The number of nitrogens with zero attached hydrogens (tertiary/aromatic N) is 1. The summed E-state index contributed by atoms with van der Waals surface area (Å²) >= 11 is 0. The maximum atomic E-state index is 12.4. The average Bonchev–Trinajstić information content (AvgIpc) is 2.93. The summed E-state index contributed by atoms with van der Waals surface area (Å²) in [5, 5.41) is 9.22. The largest absolute Gasteiger partial charge is 0.494 e. The van der Waals surface area contributed by atoms with E-state index < -0.39 is 11.8 Å².